The van der Waals surface area contributed by atoms with Crippen molar-refractivity contribution >= 4 is 39.5 Å². The summed E-state index contributed by atoms with van der Waals surface area (Å²) >= 11 is 0. The summed E-state index contributed by atoms with van der Waals surface area (Å²) in [6.07, 6.45) is 62.2. The van der Waals surface area contributed by atoms with Gasteiger partial charge in [0.25, 0.3) is 0 Å². The number of aliphatic hydroxyl groups excluding tert-OH is 1. The molecule has 0 saturated carbocycles. The molecule has 19 heteroatoms. The Morgan fingerprint density at radius 1 is 0.276 bits per heavy atom. The fraction of sp³-hybridized carbons (Fsp3) is 0.949. The van der Waals surface area contributed by atoms with Gasteiger partial charge in [-0.1, -0.05) is 369 Å². The maximum atomic E-state index is 13.1. The fourth-order valence-corrected chi connectivity index (χ4v) is 13.8. The molecule has 98 heavy (non-hydrogen) atoms. The van der Waals surface area contributed by atoms with Crippen LogP contribution >= 0.6 is 15.6 Å². The van der Waals surface area contributed by atoms with E-state index < -0.39 is 97.5 Å². The third kappa shape index (κ3) is 72.4. The Hall–Kier alpha value is -1.94. The SMILES string of the molecule is CCCCCCCCCCCCCCCCCCC(=O)OC[C@H](COP(=O)(O)OC[C@@H](O)COP(=O)(O)OC[C@@H](COC(=O)CCCCCCCCCCCCCC)OC(=O)CCCCCCCCCCCCCC)OC(=O)CCCCCCCCCCCCCCCCCC(C)C. The van der Waals surface area contributed by atoms with E-state index in [4.69, 9.17) is 37.0 Å². The van der Waals surface area contributed by atoms with Crippen molar-refractivity contribution in [1.29, 1.82) is 0 Å². The van der Waals surface area contributed by atoms with Crippen LogP contribution in [-0.4, -0.2) is 96.7 Å². The highest BCUT2D eigenvalue weighted by molar-refractivity contribution is 7.47. The second-order valence-electron chi connectivity index (χ2n) is 28.9. The van der Waals surface area contributed by atoms with Gasteiger partial charge in [0.2, 0.25) is 0 Å². The molecule has 17 nitrogen and oxygen atoms in total. The molecule has 0 fully saturated rings. The van der Waals surface area contributed by atoms with E-state index in [1.54, 1.807) is 0 Å². The minimum Gasteiger partial charge on any atom is -0.462 e. The summed E-state index contributed by atoms with van der Waals surface area (Å²) in [4.78, 5) is 73.0. The Kier molecular flexibility index (Phi) is 70.6. The molecule has 0 rings (SSSR count). The Bertz CT molecular complexity index is 1870. The highest BCUT2D eigenvalue weighted by atomic mass is 31.2. The van der Waals surface area contributed by atoms with E-state index in [0.29, 0.717) is 25.7 Å². The van der Waals surface area contributed by atoms with Crippen molar-refractivity contribution in [3.05, 3.63) is 0 Å². The smallest absolute Gasteiger partial charge is 0.462 e. The van der Waals surface area contributed by atoms with E-state index in [0.717, 1.165) is 95.8 Å². The fourth-order valence-electron chi connectivity index (χ4n) is 12.2. The van der Waals surface area contributed by atoms with Gasteiger partial charge in [0.1, 0.15) is 19.3 Å². The van der Waals surface area contributed by atoms with Gasteiger partial charge in [-0.05, 0) is 31.6 Å². The summed E-state index contributed by atoms with van der Waals surface area (Å²) in [6, 6.07) is 0. The van der Waals surface area contributed by atoms with E-state index in [1.807, 2.05) is 0 Å². The number of esters is 4. The van der Waals surface area contributed by atoms with Crippen molar-refractivity contribution in [1.82, 2.24) is 0 Å². The van der Waals surface area contributed by atoms with Crippen LogP contribution in [-0.2, 0) is 65.4 Å². The van der Waals surface area contributed by atoms with Crippen molar-refractivity contribution in [3.63, 3.8) is 0 Å². The second kappa shape index (κ2) is 72.0. The van der Waals surface area contributed by atoms with Crippen LogP contribution in [0.3, 0.4) is 0 Å². The van der Waals surface area contributed by atoms with Crippen LogP contribution in [0.2, 0.25) is 0 Å². The summed E-state index contributed by atoms with van der Waals surface area (Å²) in [5, 5.41) is 10.6. The van der Waals surface area contributed by atoms with Crippen molar-refractivity contribution < 1.29 is 80.2 Å². The summed E-state index contributed by atoms with van der Waals surface area (Å²) in [7, 11) is -9.91. The molecule has 0 aromatic heterocycles. The van der Waals surface area contributed by atoms with Gasteiger partial charge >= 0.3 is 39.5 Å². The van der Waals surface area contributed by atoms with Crippen molar-refractivity contribution in [2.24, 2.45) is 5.92 Å². The van der Waals surface area contributed by atoms with Gasteiger partial charge in [-0.25, -0.2) is 9.13 Å². The largest absolute Gasteiger partial charge is 0.472 e. The van der Waals surface area contributed by atoms with Gasteiger partial charge in [-0.3, -0.25) is 37.3 Å². The maximum Gasteiger partial charge on any atom is 0.472 e. The zero-order valence-corrected chi connectivity index (χ0v) is 65.7. The first-order valence-corrected chi connectivity index (χ1v) is 44.1. The molecule has 0 aromatic rings. The molecule has 5 atom stereocenters. The molecule has 0 aliphatic rings. The molecule has 2 unspecified atom stereocenters. The maximum absolute atomic E-state index is 13.1. The zero-order valence-electron chi connectivity index (χ0n) is 63.9. The van der Waals surface area contributed by atoms with E-state index in [-0.39, 0.29) is 25.7 Å². The molecular weight excluding hydrogens is 1280 g/mol. The number of phosphoric ester groups is 2. The van der Waals surface area contributed by atoms with Gasteiger partial charge < -0.3 is 33.8 Å². The first-order valence-electron chi connectivity index (χ1n) is 41.1. The molecule has 0 radical (unpaired) electrons. The third-order valence-electron chi connectivity index (χ3n) is 18.5. The van der Waals surface area contributed by atoms with E-state index in [9.17, 15) is 43.2 Å². The molecule has 0 bridgehead atoms. The first-order chi connectivity index (χ1) is 47.5. The number of hydrogen-bond acceptors (Lipinski definition) is 15. The highest BCUT2D eigenvalue weighted by Gasteiger charge is 2.30. The predicted octanol–water partition coefficient (Wildman–Crippen LogP) is 23.6. The van der Waals surface area contributed by atoms with Gasteiger partial charge in [0.15, 0.2) is 12.2 Å². The Balaban J connectivity index is 5.25. The number of hydrogen-bond donors (Lipinski definition) is 3. The molecule has 0 aliphatic heterocycles. The first kappa shape index (κ1) is 96.1. The van der Waals surface area contributed by atoms with Crippen LogP contribution in [0.1, 0.15) is 420 Å². The van der Waals surface area contributed by atoms with E-state index in [1.165, 1.54) is 244 Å². The number of carbonyl (C=O) groups excluding carboxylic acids is 4. The summed E-state index contributed by atoms with van der Waals surface area (Å²) in [6.45, 7) is 7.35. The van der Waals surface area contributed by atoms with Gasteiger partial charge in [0, 0.05) is 25.7 Å². The van der Waals surface area contributed by atoms with Crippen LogP contribution in [0.4, 0.5) is 0 Å². The quantitative estimate of drug-likeness (QED) is 0.0222. The molecule has 0 aliphatic carbocycles. The second-order valence-corrected chi connectivity index (χ2v) is 31.8. The number of carbonyl (C=O) groups is 4. The molecule has 0 heterocycles. The summed E-state index contributed by atoms with van der Waals surface area (Å²) < 4.78 is 68.7. The zero-order chi connectivity index (χ0) is 71.9. The van der Waals surface area contributed by atoms with Crippen molar-refractivity contribution in [3.8, 4) is 0 Å². The normalized spacial score (nSPS) is 13.9. The molecule has 0 spiro atoms. The molecular formula is C79H154O17P2. The van der Waals surface area contributed by atoms with Crippen LogP contribution < -0.4 is 0 Å². The Morgan fingerprint density at radius 3 is 0.694 bits per heavy atom. The number of ether oxygens (including phenoxy) is 4. The highest BCUT2D eigenvalue weighted by Crippen LogP contribution is 2.45. The van der Waals surface area contributed by atoms with Crippen molar-refractivity contribution in [2.45, 2.75) is 438 Å². The van der Waals surface area contributed by atoms with E-state index in [2.05, 4.69) is 34.6 Å². The van der Waals surface area contributed by atoms with Crippen LogP contribution in [0.5, 0.6) is 0 Å². The lowest BCUT2D eigenvalue weighted by atomic mass is 10.0. The number of phosphoric acid groups is 2. The number of unbranched alkanes of at least 4 members (excludes halogenated alkanes) is 51. The monoisotopic (exact) mass is 1440 g/mol. The number of aliphatic hydroxyl groups is 1. The number of rotatable bonds is 79. The van der Waals surface area contributed by atoms with Crippen LogP contribution in [0.15, 0.2) is 0 Å². The van der Waals surface area contributed by atoms with Crippen LogP contribution in [0, 0.1) is 5.92 Å². The summed E-state index contributed by atoms with van der Waals surface area (Å²) in [5.74, 6) is -1.30. The Morgan fingerprint density at radius 2 is 0.469 bits per heavy atom. The molecule has 0 aromatic carbocycles. The molecule has 582 valence electrons. The lowest BCUT2D eigenvalue weighted by molar-refractivity contribution is -0.161. The minimum absolute atomic E-state index is 0.108. The van der Waals surface area contributed by atoms with Gasteiger partial charge in [-0.2, -0.15) is 0 Å². The lowest BCUT2D eigenvalue weighted by Crippen LogP contribution is -2.30. The standard InChI is InChI=1S/C79H154O17P2/c1-6-9-12-15-18-21-24-27-28-31-34-39-43-48-53-58-63-77(82)90-69-75(96-79(84)65-60-55-50-45-40-35-32-29-30-33-36-41-46-51-56-61-72(4)5)71-94-98(87,88)92-67-73(80)66-91-97(85,86)93-70-74(95-78(83)64-59-54-49-44-38-26-23-20-17-14-11-8-3)68-89-76(81)62-57-52-47-42-37-25-22-19-16-13-10-7-2/h72-75,80H,6-71H2,1-5H3,(H,85,86)(H,87,88)/t73-,74+,75+/m0/s1. The minimum atomic E-state index is -4.96. The third-order valence-corrected chi connectivity index (χ3v) is 20.4. The summed E-state index contributed by atoms with van der Waals surface area (Å²) in [5.41, 5.74) is 0. The topological polar surface area (TPSA) is 237 Å². The molecule has 0 saturated heterocycles. The van der Waals surface area contributed by atoms with Crippen LogP contribution in [0.25, 0.3) is 0 Å². The van der Waals surface area contributed by atoms with Gasteiger partial charge in [0.05, 0.1) is 26.4 Å². The predicted molar refractivity (Wildman–Crippen MR) is 400 cm³/mol. The van der Waals surface area contributed by atoms with Crippen molar-refractivity contribution in [2.75, 3.05) is 39.6 Å². The Labute approximate surface area is 600 Å². The van der Waals surface area contributed by atoms with Gasteiger partial charge in [-0.15, -0.1) is 0 Å². The lowest BCUT2D eigenvalue weighted by Gasteiger charge is -2.21. The molecule has 0 amide bonds. The molecule has 3 N–H and O–H groups in total. The average molecular weight is 1440 g/mol. The average Bonchev–Trinajstić information content (AvgIpc) is 0.996. The van der Waals surface area contributed by atoms with E-state index >= 15 is 0 Å².